The van der Waals surface area contributed by atoms with Crippen LogP contribution in [0, 0.1) is 7.43 Å². The Morgan fingerprint density at radius 3 is 1.51 bits per heavy atom. The van der Waals surface area contributed by atoms with Gasteiger partial charge in [-0.05, 0) is 145 Å². The van der Waals surface area contributed by atoms with Gasteiger partial charge >= 0.3 is 29.0 Å². The van der Waals surface area contributed by atoms with E-state index in [1.165, 1.54) is 53.0 Å². The molecule has 0 bridgehead atoms. The summed E-state index contributed by atoms with van der Waals surface area (Å²) in [6.45, 7) is 10.3. The summed E-state index contributed by atoms with van der Waals surface area (Å²) in [4.78, 5) is 12.3. The predicted octanol–water partition coefficient (Wildman–Crippen LogP) is 14.3. The average molecular weight is 1200 g/mol. The van der Waals surface area contributed by atoms with Crippen LogP contribution >= 0.6 is 47.8 Å². The van der Waals surface area contributed by atoms with Crippen LogP contribution in [-0.2, 0) is 20.5 Å². The van der Waals surface area contributed by atoms with Crippen molar-refractivity contribution in [2.24, 2.45) is 0 Å². The quantitative estimate of drug-likeness (QED) is 0.108. The van der Waals surface area contributed by atoms with Crippen molar-refractivity contribution in [1.82, 2.24) is 0 Å². The molecule has 0 amide bonds. The Balaban J connectivity index is 0.000000182. The van der Waals surface area contributed by atoms with E-state index in [9.17, 15) is 9.90 Å². The third-order valence-corrected chi connectivity index (χ3v) is 14.0. The molecule has 0 saturated carbocycles. The number of fused-ring (bicyclic) bond motifs is 7. The number of halogens is 4. The summed E-state index contributed by atoms with van der Waals surface area (Å²) in [5.74, 6) is -0.315. The number of hydrogen-bond donors (Lipinski definition) is 1. The van der Waals surface area contributed by atoms with Gasteiger partial charge in [0.1, 0.15) is 0 Å². The molecular formula is C61H56Br4MgO4. The van der Waals surface area contributed by atoms with Gasteiger partial charge in [0.15, 0.2) is 0 Å². The van der Waals surface area contributed by atoms with Crippen LogP contribution in [0.5, 0.6) is 0 Å². The van der Waals surface area contributed by atoms with Crippen LogP contribution in [0.1, 0.15) is 67.6 Å². The van der Waals surface area contributed by atoms with Crippen LogP contribution in [0.25, 0.3) is 65.7 Å². The van der Waals surface area contributed by atoms with Gasteiger partial charge in [-0.2, -0.15) is 0 Å². The van der Waals surface area contributed by atoms with E-state index in [0.29, 0.717) is 5.56 Å². The molecule has 1 fully saturated rings. The maximum Gasteiger partial charge on any atom is 2.00 e. The van der Waals surface area contributed by atoms with Crippen LogP contribution in [0.2, 0.25) is 0 Å². The summed E-state index contributed by atoms with van der Waals surface area (Å²) < 4.78 is 13.1. The molecule has 9 aromatic carbocycles. The first kappa shape index (κ1) is 56.7. The summed E-state index contributed by atoms with van der Waals surface area (Å²) in [6.07, 6.45) is 2.56. The molecule has 4 nitrogen and oxygen atoms in total. The Morgan fingerprint density at radius 2 is 1.00 bits per heavy atom. The Labute approximate surface area is 465 Å². The van der Waals surface area contributed by atoms with Crippen molar-refractivity contribution in [3.63, 3.8) is 0 Å². The molecule has 1 aliphatic heterocycles. The molecule has 1 saturated heterocycles. The molecule has 0 spiro atoms. The second-order valence-electron chi connectivity index (χ2n) is 17.8. The fourth-order valence-electron chi connectivity index (χ4n) is 9.35. The van der Waals surface area contributed by atoms with Crippen molar-refractivity contribution in [2.75, 3.05) is 20.3 Å². The van der Waals surface area contributed by atoms with Gasteiger partial charge in [-0.15, -0.1) is 0 Å². The minimum atomic E-state index is -0.900. The topological polar surface area (TPSA) is 55.8 Å². The van der Waals surface area contributed by atoms with Crippen molar-refractivity contribution < 1.29 is 36.4 Å². The molecular weight excluding hydrogens is 1140 g/mol. The molecule has 2 aliphatic rings. The summed E-state index contributed by atoms with van der Waals surface area (Å²) in [5, 5.41) is 17.6. The fraction of sp³-hybridized carbons (Fsp3) is 0.180. The minimum Gasteiger partial charge on any atom is -1.00 e. The summed E-state index contributed by atoms with van der Waals surface area (Å²) in [7, 11) is 1.41. The van der Waals surface area contributed by atoms with Crippen LogP contribution in [0.15, 0.2) is 189 Å². The van der Waals surface area contributed by atoms with E-state index < -0.39 is 5.60 Å². The molecule has 0 unspecified atom stereocenters. The molecule has 70 heavy (non-hydrogen) atoms. The van der Waals surface area contributed by atoms with Gasteiger partial charge < -0.3 is 39.0 Å². The fourth-order valence-corrected chi connectivity index (χ4v) is 10.2. The molecule has 0 atom stereocenters. The number of aliphatic hydroxyl groups is 1. The van der Waals surface area contributed by atoms with Crippen LogP contribution in [0.4, 0.5) is 0 Å². The average Bonchev–Trinajstić information content (AvgIpc) is 4.00. The molecule has 9 heteroatoms. The monoisotopic (exact) mass is 1190 g/mol. The number of carbonyl (C=O) groups excluding carboxylic acids is 1. The molecule has 1 aliphatic carbocycles. The minimum absolute atomic E-state index is 0. The van der Waals surface area contributed by atoms with Gasteiger partial charge in [0.05, 0.1) is 18.3 Å². The van der Waals surface area contributed by atoms with Crippen molar-refractivity contribution in [3.05, 3.63) is 219 Å². The molecule has 354 valence electrons. The van der Waals surface area contributed by atoms with E-state index in [1.807, 2.05) is 98.8 Å². The predicted molar refractivity (Wildman–Crippen MR) is 302 cm³/mol. The van der Waals surface area contributed by atoms with Crippen LogP contribution in [0.3, 0.4) is 0 Å². The first-order valence-electron chi connectivity index (χ1n) is 22.5. The third kappa shape index (κ3) is 12.5. The third-order valence-electron chi connectivity index (χ3n) is 12.5. The number of benzene rings is 9. The van der Waals surface area contributed by atoms with Gasteiger partial charge in [0, 0.05) is 32.0 Å². The standard InChI is InChI=1S/C19H17BrO.C19H15Br.C18H13BrO2.C4H8O.CH3.BrH.Mg/c1-19(2,21)18-16-6-4-3-5-13(16)9-12-17(18)14-7-10-15(20)11-8-14;1-19(2)17-11-13(20)8-10-15(17)16-9-7-12-5-3-4-6-14(12)18(16)19;1-21-18(20)17-15-5-3-2-4-12(15)8-11-16(17)13-6-9-14(19)10-7-13;1-2-4-5-3-1;;;/h3-12,21H,1-2H3;3-11H,1-2H3;2-11H,1H3;1-4H2;1H3;1H;/q;;;;-1;;+2/p-1. The Hall–Kier alpha value is -4.16. The van der Waals surface area contributed by atoms with Crippen LogP contribution < -0.4 is 17.0 Å². The smallest absolute Gasteiger partial charge is 1.00 e. The molecule has 1 heterocycles. The Bertz CT molecular complexity index is 3200. The Morgan fingerprint density at radius 1 is 0.571 bits per heavy atom. The van der Waals surface area contributed by atoms with Gasteiger partial charge in [-0.1, -0.05) is 201 Å². The van der Waals surface area contributed by atoms with Gasteiger partial charge in [-0.25, -0.2) is 4.79 Å². The molecule has 0 radical (unpaired) electrons. The number of esters is 1. The second kappa shape index (κ2) is 25.0. The van der Waals surface area contributed by atoms with E-state index in [4.69, 9.17) is 9.47 Å². The summed E-state index contributed by atoms with van der Waals surface area (Å²) in [5.41, 5.74) is 10.4. The van der Waals surface area contributed by atoms with Crippen molar-refractivity contribution in [2.45, 2.75) is 51.6 Å². The van der Waals surface area contributed by atoms with E-state index in [0.717, 1.165) is 76.0 Å². The molecule has 0 aromatic heterocycles. The normalized spacial score (nSPS) is 12.8. The van der Waals surface area contributed by atoms with E-state index in [2.05, 4.69) is 153 Å². The number of ether oxygens (including phenoxy) is 2. The molecule has 1 N–H and O–H groups in total. The van der Waals surface area contributed by atoms with Gasteiger partial charge in [-0.3, -0.25) is 0 Å². The maximum atomic E-state index is 12.3. The zero-order valence-corrected chi connectivity index (χ0v) is 48.2. The SMILES string of the molecule is C1CCOC1.CC(C)(O)c1c(-c2ccc(Br)cc2)ccc2ccccc12.CC1(C)c2cc(Br)ccc2-c2ccc3ccccc3c21.COC(=O)c1c(-c2ccc(Br)cc2)ccc2ccccc12.[Br-].[CH3-].[Mg+2]. The van der Waals surface area contributed by atoms with E-state index >= 15 is 0 Å². The first-order valence-corrected chi connectivity index (χ1v) is 24.9. The van der Waals surface area contributed by atoms with Crippen molar-refractivity contribution >= 4 is 109 Å². The van der Waals surface area contributed by atoms with Crippen molar-refractivity contribution in [3.8, 4) is 33.4 Å². The largest absolute Gasteiger partial charge is 2.00 e. The second-order valence-corrected chi connectivity index (χ2v) is 20.6. The molecule has 11 rings (SSSR count). The zero-order valence-electron chi connectivity index (χ0n) is 40.5. The number of carbonyl (C=O) groups is 1. The van der Waals surface area contributed by atoms with Crippen molar-refractivity contribution in [1.29, 1.82) is 0 Å². The zero-order chi connectivity index (χ0) is 47.3. The number of hydrogen-bond acceptors (Lipinski definition) is 4. The van der Waals surface area contributed by atoms with Crippen LogP contribution in [-0.4, -0.2) is 54.5 Å². The number of methoxy groups -OCH3 is 1. The molecule has 9 aromatic rings. The van der Waals surface area contributed by atoms with Gasteiger partial charge in [0.25, 0.3) is 0 Å². The Kier molecular flexibility index (Phi) is 20.3. The maximum absolute atomic E-state index is 12.3. The van der Waals surface area contributed by atoms with Gasteiger partial charge in [0.2, 0.25) is 0 Å². The first-order chi connectivity index (χ1) is 32.3. The summed E-state index contributed by atoms with van der Waals surface area (Å²) in [6, 6.07) is 60.2. The summed E-state index contributed by atoms with van der Waals surface area (Å²) >= 11 is 10.5. The van der Waals surface area contributed by atoms with E-state index in [-0.39, 0.29) is 58.8 Å². The van der Waals surface area contributed by atoms with E-state index in [1.54, 1.807) is 0 Å². The number of rotatable bonds is 4.